The summed E-state index contributed by atoms with van der Waals surface area (Å²) in [5, 5.41) is 2.45. The molecular weight excluding hydrogens is 773 g/mol. The molecule has 10 rings (SSSR count). The van der Waals surface area contributed by atoms with Crippen molar-refractivity contribution in [2.24, 2.45) is 5.92 Å². The predicted molar refractivity (Wildman–Crippen MR) is 280 cm³/mol. The van der Waals surface area contributed by atoms with Gasteiger partial charge in [-0.3, -0.25) is 0 Å². The summed E-state index contributed by atoms with van der Waals surface area (Å²) in [4.78, 5) is 2.26. The maximum Gasteiger partial charge on any atom is 0.0547 e. The molecule has 2 heterocycles. The van der Waals surface area contributed by atoms with Crippen molar-refractivity contribution in [2.75, 3.05) is 4.90 Å². The molecule has 0 N–H and O–H groups in total. The van der Waals surface area contributed by atoms with Crippen molar-refractivity contribution >= 4 is 49.9 Å². The number of aromatic nitrogens is 1. The Morgan fingerprint density at radius 1 is 0.578 bits per heavy atom. The van der Waals surface area contributed by atoms with Crippen LogP contribution in [0, 0.1) is 5.92 Å². The quantitative estimate of drug-likeness (QED) is 0.145. The van der Waals surface area contributed by atoms with E-state index < -0.39 is 0 Å². The van der Waals surface area contributed by atoms with Gasteiger partial charge in [-0.1, -0.05) is 174 Å². The van der Waals surface area contributed by atoms with Crippen LogP contribution in [0.5, 0.6) is 0 Å². The molecular formula is C62H60N2. The fourth-order valence-corrected chi connectivity index (χ4v) is 8.96. The molecule has 318 valence electrons. The Morgan fingerprint density at radius 3 is 1.91 bits per heavy atom. The minimum atomic E-state index is 0.718. The van der Waals surface area contributed by atoms with E-state index in [0.717, 1.165) is 70.9 Å². The van der Waals surface area contributed by atoms with Gasteiger partial charge in [0.25, 0.3) is 0 Å². The van der Waals surface area contributed by atoms with Crippen LogP contribution < -0.4 is 4.90 Å². The molecule has 0 saturated carbocycles. The molecule has 2 nitrogen and oxygen atoms in total. The number of allylic oxidation sites excluding steroid dienone is 14. The number of rotatable bonds is 7. The second kappa shape index (κ2) is 20.4. The Kier molecular flexibility index (Phi) is 13.8. The first kappa shape index (κ1) is 43.5. The van der Waals surface area contributed by atoms with Gasteiger partial charge in [-0.25, -0.2) is 0 Å². The number of hydrogen-bond donors (Lipinski definition) is 0. The normalized spacial score (nSPS) is 16.0. The first-order valence-electron chi connectivity index (χ1n) is 23.1. The highest BCUT2D eigenvalue weighted by Gasteiger charge is 2.19. The number of para-hydroxylation sites is 3. The van der Waals surface area contributed by atoms with Crippen LogP contribution in [0.15, 0.2) is 224 Å². The van der Waals surface area contributed by atoms with E-state index in [2.05, 4.69) is 236 Å². The summed E-state index contributed by atoms with van der Waals surface area (Å²) in [6, 6.07) is 52.8. The van der Waals surface area contributed by atoms with Gasteiger partial charge in [0.2, 0.25) is 0 Å². The zero-order valence-corrected chi connectivity index (χ0v) is 38.1. The van der Waals surface area contributed by atoms with E-state index in [-0.39, 0.29) is 0 Å². The third-order valence-corrected chi connectivity index (χ3v) is 12.1. The van der Waals surface area contributed by atoms with E-state index in [9.17, 15) is 0 Å². The predicted octanol–water partition coefficient (Wildman–Crippen LogP) is 17.8. The smallest absolute Gasteiger partial charge is 0.0547 e. The molecule has 0 fully saturated rings. The average Bonchev–Trinajstić information content (AvgIpc) is 3.68. The van der Waals surface area contributed by atoms with Gasteiger partial charge in [-0.2, -0.15) is 0 Å². The fourth-order valence-electron chi connectivity index (χ4n) is 8.96. The molecule has 2 heteroatoms. The Bertz CT molecular complexity index is 2980. The van der Waals surface area contributed by atoms with Crippen molar-refractivity contribution < 1.29 is 0 Å². The van der Waals surface area contributed by atoms with Crippen LogP contribution in [0.4, 0.5) is 11.4 Å². The van der Waals surface area contributed by atoms with Crippen molar-refractivity contribution in [2.45, 2.75) is 60.3 Å². The number of anilines is 2. The highest BCUT2D eigenvalue weighted by atomic mass is 15.1. The molecule has 0 atom stereocenters. The lowest BCUT2D eigenvalue weighted by molar-refractivity contribution is 0.830. The molecule has 1 aromatic heterocycles. The lowest BCUT2D eigenvalue weighted by atomic mass is 9.88. The van der Waals surface area contributed by atoms with Crippen LogP contribution in [0.2, 0.25) is 0 Å². The zero-order chi connectivity index (χ0) is 44.4. The van der Waals surface area contributed by atoms with Gasteiger partial charge in [0.15, 0.2) is 0 Å². The minimum Gasteiger partial charge on any atom is -0.317 e. The zero-order valence-electron chi connectivity index (χ0n) is 38.1. The van der Waals surface area contributed by atoms with E-state index in [1.54, 1.807) is 0 Å². The van der Waals surface area contributed by atoms with Crippen LogP contribution in [0.3, 0.4) is 0 Å². The van der Waals surface area contributed by atoms with E-state index >= 15 is 0 Å². The number of hydrogen-bond acceptors (Lipinski definition) is 1. The summed E-state index contributed by atoms with van der Waals surface area (Å²) in [5.41, 5.74) is 18.1. The van der Waals surface area contributed by atoms with Gasteiger partial charge in [0.05, 0.1) is 16.7 Å². The monoisotopic (exact) mass is 832 g/mol. The topological polar surface area (TPSA) is 8.17 Å². The molecule has 6 aromatic carbocycles. The Hall–Kier alpha value is -7.16. The third-order valence-electron chi connectivity index (χ3n) is 12.1. The molecule has 1 aliphatic heterocycles. The molecule has 0 saturated heterocycles. The molecule has 0 unspecified atom stereocenters. The minimum absolute atomic E-state index is 0.718. The number of benzene rings is 6. The summed E-state index contributed by atoms with van der Waals surface area (Å²) < 4.78 is 2.41. The number of fused-ring (bicyclic) bond motifs is 4. The second-order valence-electron chi connectivity index (χ2n) is 16.7. The summed E-state index contributed by atoms with van der Waals surface area (Å²) in [5.74, 6) is 0.718. The maximum atomic E-state index is 4.56. The van der Waals surface area contributed by atoms with Gasteiger partial charge in [-0.05, 0) is 149 Å². The second-order valence-corrected chi connectivity index (χ2v) is 16.7. The molecule has 0 radical (unpaired) electrons. The molecule has 0 spiro atoms. The molecule has 2 aliphatic carbocycles. The fraction of sp³-hybridized carbons (Fsp3) is 0.161. The van der Waals surface area contributed by atoms with Gasteiger partial charge < -0.3 is 9.47 Å². The van der Waals surface area contributed by atoms with Crippen molar-refractivity contribution in [3.05, 3.63) is 241 Å². The standard InChI is InChI=1S/C54H42N2.C6H12.C2H6/c1-38-35-46(33-34-55(47-15-7-3-8-16-47)52-20-12-11-19-49(38)52)44-30-32-53-51(36-44)50-31-29-45(37-54(50)56(53)48-17-9-4-10-18-48)43-27-25-42(26-28-43)41-23-21-40(22-24-41)39-13-5-2-6-14-39;1-4-5-6(2)3;1-2/h3-5,7-21,23,25-37H,1-2,6,22,24H2;4-6H,1-3H3;1-2H3/b34-33-,46-35+;5-4-;. The molecule has 7 aromatic rings. The molecule has 64 heavy (non-hydrogen) atoms. The third kappa shape index (κ3) is 9.43. The van der Waals surface area contributed by atoms with Crippen LogP contribution in [0.1, 0.15) is 77.0 Å². The lowest BCUT2D eigenvalue weighted by Gasteiger charge is -2.26. The van der Waals surface area contributed by atoms with E-state index in [1.165, 1.54) is 55.2 Å². The van der Waals surface area contributed by atoms with Crippen molar-refractivity contribution in [1.29, 1.82) is 0 Å². The summed E-state index contributed by atoms with van der Waals surface area (Å²) in [7, 11) is 0. The van der Waals surface area contributed by atoms with Crippen LogP contribution >= 0.6 is 0 Å². The van der Waals surface area contributed by atoms with E-state index in [0.29, 0.717) is 0 Å². The van der Waals surface area contributed by atoms with Crippen LogP contribution in [-0.4, -0.2) is 4.57 Å². The summed E-state index contributed by atoms with van der Waals surface area (Å²) in [6.07, 6.45) is 27.0. The maximum absolute atomic E-state index is 4.56. The van der Waals surface area contributed by atoms with Gasteiger partial charge in [0.1, 0.15) is 0 Å². The van der Waals surface area contributed by atoms with Crippen LogP contribution in [0.25, 0.3) is 55.3 Å². The Labute approximate surface area is 381 Å². The highest BCUT2D eigenvalue weighted by Crippen LogP contribution is 2.40. The van der Waals surface area contributed by atoms with E-state index in [1.807, 2.05) is 20.8 Å². The average molecular weight is 833 g/mol. The molecule has 0 amide bonds. The first-order valence-corrected chi connectivity index (χ1v) is 23.1. The van der Waals surface area contributed by atoms with Crippen molar-refractivity contribution in [3.8, 4) is 16.8 Å². The molecule has 3 aliphatic rings. The van der Waals surface area contributed by atoms with Gasteiger partial charge in [-0.15, -0.1) is 0 Å². The van der Waals surface area contributed by atoms with Crippen molar-refractivity contribution in [3.63, 3.8) is 0 Å². The number of nitrogens with zero attached hydrogens (tertiary/aromatic N) is 2. The SMILES string of the molecule is C/C=C\C(C)C.C=C1/C=C(c2ccc3c(c2)c2ccc(-c4ccc(C5=CC=C(C6=CCCC=C6)CC5)cc4)cc2n3-c2ccccc2)\C=C/N(c2ccccc2)c2ccccc21.CC. The summed E-state index contributed by atoms with van der Waals surface area (Å²) in [6.45, 7) is 14.9. The summed E-state index contributed by atoms with van der Waals surface area (Å²) >= 11 is 0. The van der Waals surface area contributed by atoms with Crippen molar-refractivity contribution in [1.82, 2.24) is 4.57 Å². The molecule has 0 bridgehead atoms. The Balaban J connectivity index is 0.000000649. The lowest BCUT2D eigenvalue weighted by Crippen LogP contribution is -2.11. The highest BCUT2D eigenvalue weighted by molar-refractivity contribution is 6.11. The van der Waals surface area contributed by atoms with Gasteiger partial charge in [0, 0.05) is 33.9 Å². The largest absolute Gasteiger partial charge is 0.317 e. The first-order chi connectivity index (χ1) is 31.4. The van der Waals surface area contributed by atoms with Gasteiger partial charge >= 0.3 is 0 Å². The van der Waals surface area contributed by atoms with Crippen LogP contribution in [-0.2, 0) is 0 Å². The Morgan fingerprint density at radius 2 is 1.23 bits per heavy atom. The van der Waals surface area contributed by atoms with E-state index in [4.69, 9.17) is 0 Å².